The molecule has 5 nitrogen and oxygen atoms in total. The van der Waals surface area contributed by atoms with Gasteiger partial charge in [-0.15, -0.1) is 0 Å². The summed E-state index contributed by atoms with van der Waals surface area (Å²) in [6.45, 7) is 1.04. The Morgan fingerprint density at radius 1 is 0.780 bits per heavy atom. The molecule has 8 rings (SSSR count). The molecule has 5 aromatic carbocycles. The lowest BCUT2D eigenvalue weighted by Gasteiger charge is -2.51. The molecule has 1 N–H and O–H groups in total. The van der Waals surface area contributed by atoms with Crippen molar-refractivity contribution in [2.24, 2.45) is 0 Å². The van der Waals surface area contributed by atoms with Crippen molar-refractivity contribution in [2.45, 2.75) is 36.4 Å². The highest BCUT2D eigenvalue weighted by atomic mass is 16.6. The lowest BCUT2D eigenvalue weighted by atomic mass is 9.74. The van der Waals surface area contributed by atoms with E-state index in [-0.39, 0.29) is 30.7 Å². The minimum absolute atomic E-state index is 0.00575. The zero-order valence-corrected chi connectivity index (χ0v) is 22.7. The third-order valence-electron chi connectivity index (χ3n) is 9.34. The molecule has 2 atom stereocenters. The van der Waals surface area contributed by atoms with Crippen LogP contribution in [0.25, 0.3) is 32.7 Å². The van der Waals surface area contributed by atoms with E-state index in [1.807, 2.05) is 41.3 Å². The lowest BCUT2D eigenvalue weighted by Crippen LogP contribution is -2.62. The first-order chi connectivity index (χ1) is 20.1. The molecule has 2 aliphatic heterocycles. The number of ether oxygens (including phenoxy) is 2. The number of aliphatic hydroxyl groups is 1. The summed E-state index contributed by atoms with van der Waals surface area (Å²) < 4.78 is 12.0. The van der Waals surface area contributed by atoms with Crippen LogP contribution in [-0.4, -0.2) is 48.0 Å². The molecule has 1 aliphatic carbocycles. The number of benzene rings is 5. The number of nitrogens with zero attached hydrogens (tertiary/aromatic N) is 1. The quantitative estimate of drug-likeness (QED) is 0.250. The van der Waals surface area contributed by atoms with Gasteiger partial charge in [0.1, 0.15) is 6.61 Å². The van der Waals surface area contributed by atoms with E-state index >= 15 is 0 Å². The van der Waals surface area contributed by atoms with E-state index in [2.05, 4.69) is 66.7 Å². The van der Waals surface area contributed by atoms with E-state index in [0.717, 1.165) is 27.1 Å². The predicted octanol–water partition coefficient (Wildman–Crippen LogP) is 6.99. The maximum atomic E-state index is 13.7. The second-order valence-corrected chi connectivity index (χ2v) is 11.7. The normalized spacial score (nSPS) is 23.4. The Labute approximate surface area is 238 Å². The maximum absolute atomic E-state index is 13.7. The van der Waals surface area contributed by atoms with Gasteiger partial charge in [0.15, 0.2) is 0 Å². The Kier molecular flexibility index (Phi) is 5.66. The Morgan fingerprint density at radius 3 is 1.88 bits per heavy atom. The molecule has 204 valence electrons. The molecule has 1 amide bonds. The molecular formula is C36H31NO4. The van der Waals surface area contributed by atoms with Gasteiger partial charge in [0.05, 0.1) is 30.9 Å². The van der Waals surface area contributed by atoms with Crippen molar-refractivity contribution < 1.29 is 19.4 Å². The number of amides is 1. The summed E-state index contributed by atoms with van der Waals surface area (Å²) in [4.78, 5) is 15.6. The van der Waals surface area contributed by atoms with Crippen LogP contribution in [0, 0.1) is 0 Å². The van der Waals surface area contributed by atoms with E-state index in [1.165, 1.54) is 22.3 Å². The first-order valence-corrected chi connectivity index (χ1v) is 14.5. The van der Waals surface area contributed by atoms with Crippen LogP contribution in [-0.2, 0) is 15.1 Å². The minimum atomic E-state index is -1.10. The summed E-state index contributed by atoms with van der Waals surface area (Å²) in [5.41, 5.74) is 4.66. The molecule has 2 fully saturated rings. The molecular weight excluding hydrogens is 510 g/mol. The van der Waals surface area contributed by atoms with Crippen molar-refractivity contribution >= 4 is 27.6 Å². The van der Waals surface area contributed by atoms with E-state index in [1.54, 1.807) is 0 Å². The van der Waals surface area contributed by atoms with E-state index < -0.39 is 5.60 Å². The highest BCUT2D eigenvalue weighted by Crippen LogP contribution is 2.47. The summed E-state index contributed by atoms with van der Waals surface area (Å²) in [6, 6.07) is 34.9. The molecule has 0 spiro atoms. The summed E-state index contributed by atoms with van der Waals surface area (Å²) in [7, 11) is 0. The molecule has 3 aliphatic rings. The highest BCUT2D eigenvalue weighted by molar-refractivity contribution is 6.03. The second kappa shape index (κ2) is 9.44. The third-order valence-corrected chi connectivity index (χ3v) is 9.34. The third kappa shape index (κ3) is 3.87. The number of morpholine rings is 1. The molecule has 5 heteroatoms. The zero-order valence-electron chi connectivity index (χ0n) is 22.7. The van der Waals surface area contributed by atoms with Gasteiger partial charge in [0.2, 0.25) is 0 Å². The van der Waals surface area contributed by atoms with Crippen LogP contribution in [0.5, 0.6) is 0 Å². The first kappa shape index (κ1) is 24.6. The fourth-order valence-corrected chi connectivity index (χ4v) is 7.66. The Hall–Kier alpha value is -4.19. The topological polar surface area (TPSA) is 59.0 Å². The SMILES string of the molecule is O=C(OCC1c2ccccc2-c2ccccc21)N1C2COCC1CC(O)(c1c3ccccc3cc3ccccc13)C2. The molecule has 2 unspecified atom stereocenters. The molecule has 41 heavy (non-hydrogen) atoms. The van der Waals surface area contributed by atoms with E-state index in [9.17, 15) is 9.90 Å². The Bertz CT molecular complexity index is 1700. The molecule has 2 bridgehead atoms. The average molecular weight is 542 g/mol. The number of piperidine rings is 1. The molecule has 0 radical (unpaired) electrons. The van der Waals surface area contributed by atoms with Crippen molar-refractivity contribution in [1.82, 2.24) is 4.90 Å². The molecule has 0 saturated carbocycles. The van der Waals surface area contributed by atoms with Gasteiger partial charge < -0.3 is 14.6 Å². The zero-order chi connectivity index (χ0) is 27.6. The van der Waals surface area contributed by atoms with Crippen molar-refractivity contribution in [3.63, 3.8) is 0 Å². The van der Waals surface area contributed by atoms with Gasteiger partial charge in [0.25, 0.3) is 0 Å². The van der Waals surface area contributed by atoms with Gasteiger partial charge in [-0.05, 0) is 55.4 Å². The van der Waals surface area contributed by atoms with Crippen molar-refractivity contribution in [3.05, 3.63) is 120 Å². The standard InChI is InChI=1S/C36H31NO4/c38-35(41-22-33-31-15-7-5-13-29(31)30-14-6-8-16-32(30)33)37-25-18-36(39,19-26(37)21-40-20-25)34-27-11-3-1-9-23(27)17-24-10-2-4-12-28(24)34/h1-17,25-26,33,39H,18-22H2. The van der Waals surface area contributed by atoms with Gasteiger partial charge in [-0.25, -0.2) is 4.79 Å². The van der Waals surface area contributed by atoms with Crippen molar-refractivity contribution in [3.8, 4) is 11.1 Å². The molecule has 2 saturated heterocycles. The number of carbonyl (C=O) groups is 1. The predicted molar refractivity (Wildman–Crippen MR) is 160 cm³/mol. The monoisotopic (exact) mass is 541 g/mol. The van der Waals surface area contributed by atoms with Crippen LogP contribution in [0.2, 0.25) is 0 Å². The summed E-state index contributed by atoms with van der Waals surface area (Å²) >= 11 is 0. The Balaban J connectivity index is 1.09. The lowest BCUT2D eigenvalue weighted by molar-refractivity contribution is -0.135. The fourth-order valence-electron chi connectivity index (χ4n) is 7.66. The summed E-state index contributed by atoms with van der Waals surface area (Å²) in [6.07, 6.45) is 0.465. The van der Waals surface area contributed by atoms with Gasteiger partial charge in [-0.2, -0.15) is 0 Å². The smallest absolute Gasteiger partial charge is 0.410 e. The first-order valence-electron chi connectivity index (χ1n) is 14.5. The van der Waals surface area contributed by atoms with Crippen LogP contribution in [0.1, 0.15) is 35.4 Å². The number of hydrogen-bond acceptors (Lipinski definition) is 4. The summed E-state index contributed by atoms with van der Waals surface area (Å²) in [5, 5.41) is 16.8. The molecule has 2 heterocycles. The Morgan fingerprint density at radius 2 is 1.29 bits per heavy atom. The van der Waals surface area contributed by atoms with Crippen molar-refractivity contribution in [1.29, 1.82) is 0 Å². The number of hydrogen-bond donors (Lipinski definition) is 1. The van der Waals surface area contributed by atoms with Gasteiger partial charge in [-0.1, -0.05) is 97.1 Å². The highest BCUT2D eigenvalue weighted by Gasteiger charge is 2.50. The largest absolute Gasteiger partial charge is 0.448 e. The average Bonchev–Trinajstić information content (AvgIpc) is 3.31. The van der Waals surface area contributed by atoms with Crippen LogP contribution >= 0.6 is 0 Å². The van der Waals surface area contributed by atoms with Crippen molar-refractivity contribution in [2.75, 3.05) is 19.8 Å². The van der Waals surface area contributed by atoms with Gasteiger partial charge in [-0.3, -0.25) is 4.90 Å². The summed E-state index contributed by atoms with van der Waals surface area (Å²) in [5.74, 6) is 0.00575. The number of carbonyl (C=O) groups excluding carboxylic acids is 1. The van der Waals surface area contributed by atoms with Crippen LogP contribution < -0.4 is 0 Å². The minimum Gasteiger partial charge on any atom is -0.448 e. The van der Waals surface area contributed by atoms with E-state index in [4.69, 9.17) is 9.47 Å². The van der Waals surface area contributed by atoms with Crippen LogP contribution in [0.3, 0.4) is 0 Å². The molecule has 0 aromatic heterocycles. The molecule has 5 aromatic rings. The van der Waals surface area contributed by atoms with Crippen LogP contribution in [0.15, 0.2) is 103 Å². The fraction of sp³-hybridized carbons (Fsp3) is 0.250. The van der Waals surface area contributed by atoms with Crippen LogP contribution in [0.4, 0.5) is 4.79 Å². The maximum Gasteiger partial charge on any atom is 0.410 e. The second-order valence-electron chi connectivity index (χ2n) is 11.7. The van der Waals surface area contributed by atoms with Gasteiger partial charge in [0, 0.05) is 18.8 Å². The van der Waals surface area contributed by atoms with E-state index in [0.29, 0.717) is 26.1 Å². The number of fused-ring (bicyclic) bond motifs is 7. The number of rotatable bonds is 3. The van der Waals surface area contributed by atoms with Gasteiger partial charge >= 0.3 is 6.09 Å².